The number of nitrogen functional groups attached to an aromatic ring is 1. The first-order valence-electron chi connectivity index (χ1n) is 15.2. The van der Waals surface area contributed by atoms with E-state index >= 15 is 0 Å². The molecule has 2 aromatic rings. The van der Waals surface area contributed by atoms with E-state index in [1.807, 2.05) is 0 Å². The van der Waals surface area contributed by atoms with Gasteiger partial charge >= 0.3 is 11.9 Å². The standard InChI is InChI=1S/C29H39N7O9/c1-29(40)25(45-23(39)3-5-35-8-12-42-13-9-35)20(16-43-22(38)2-4-34-6-10-41-11-7-34)44-28(29)36-15-18-19(30)14-21(37)33-26-24(18)27(36)32-17-31-26/h14-15,17,20,25,28,40H,2-13,16,30H2,1H3,(H,31,32,33,37)/t20-,25-,28-,29-/m1/s1. The monoisotopic (exact) mass is 629 g/mol. The fraction of sp³-hybridized carbons (Fsp3) is 0.621. The van der Waals surface area contributed by atoms with Crippen molar-refractivity contribution in [2.75, 3.05) is 83.4 Å². The first kappa shape index (κ1) is 31.3. The van der Waals surface area contributed by atoms with Crippen LogP contribution in [0.5, 0.6) is 0 Å². The van der Waals surface area contributed by atoms with Crippen molar-refractivity contribution in [2.24, 2.45) is 4.99 Å². The molecular formula is C29H39N7O9. The van der Waals surface area contributed by atoms with E-state index < -0.39 is 41.5 Å². The molecular weight excluding hydrogens is 590 g/mol. The Balaban J connectivity index is 1.23. The average Bonchev–Trinajstić information content (AvgIpc) is 3.49. The summed E-state index contributed by atoms with van der Waals surface area (Å²) in [4.78, 5) is 50.7. The molecule has 4 N–H and O–H groups in total. The number of hydrogen-bond acceptors (Lipinski definition) is 15. The molecule has 0 bridgehead atoms. The minimum atomic E-state index is -1.79. The average molecular weight is 630 g/mol. The van der Waals surface area contributed by atoms with Crippen molar-refractivity contribution >= 4 is 46.4 Å². The topological polar surface area (TPSA) is 192 Å². The maximum absolute atomic E-state index is 13.1. The zero-order chi connectivity index (χ0) is 31.6. The van der Waals surface area contributed by atoms with Crippen molar-refractivity contribution in [1.29, 1.82) is 0 Å². The Kier molecular flexibility index (Phi) is 9.30. The normalized spacial score (nSPS) is 26.9. The summed E-state index contributed by atoms with van der Waals surface area (Å²) < 4.78 is 30.1. The number of rotatable bonds is 10. The van der Waals surface area contributed by atoms with Crippen LogP contribution in [-0.2, 0) is 33.3 Å². The molecule has 16 nitrogen and oxygen atoms in total. The number of carbonyl (C=O) groups excluding carboxylic acids is 2. The maximum Gasteiger partial charge on any atom is 0.307 e. The van der Waals surface area contributed by atoms with Crippen molar-refractivity contribution in [3.63, 3.8) is 0 Å². The summed E-state index contributed by atoms with van der Waals surface area (Å²) in [6.45, 7) is 7.61. The number of ether oxygens (including phenoxy) is 5. The van der Waals surface area contributed by atoms with Gasteiger partial charge in [0, 0.05) is 62.6 Å². The van der Waals surface area contributed by atoms with Crippen LogP contribution in [0.15, 0.2) is 22.1 Å². The van der Waals surface area contributed by atoms with E-state index in [1.165, 1.54) is 19.3 Å². The highest BCUT2D eigenvalue weighted by Gasteiger charge is 2.57. The minimum Gasteiger partial charge on any atom is -0.463 e. The van der Waals surface area contributed by atoms with Gasteiger partial charge in [0.15, 0.2) is 12.3 Å². The van der Waals surface area contributed by atoms with Crippen LogP contribution < -0.4 is 16.6 Å². The van der Waals surface area contributed by atoms with E-state index in [1.54, 1.807) is 10.8 Å². The van der Waals surface area contributed by atoms with E-state index in [0.717, 1.165) is 13.1 Å². The molecule has 6 rings (SSSR count). The molecule has 0 amide bonds. The summed E-state index contributed by atoms with van der Waals surface area (Å²) in [5, 5.41) is 15.8. The van der Waals surface area contributed by atoms with Crippen LogP contribution in [0.3, 0.4) is 0 Å². The van der Waals surface area contributed by atoms with Crippen LogP contribution in [0, 0.1) is 0 Å². The summed E-state index contributed by atoms with van der Waals surface area (Å²) in [6.07, 6.45) is -0.0642. The molecule has 0 radical (unpaired) electrons. The third-order valence-electron chi connectivity index (χ3n) is 8.55. The Labute approximate surface area is 259 Å². The minimum absolute atomic E-state index is 0.0948. The lowest BCUT2D eigenvalue weighted by atomic mass is 9.96. The Morgan fingerprint density at radius 1 is 1.09 bits per heavy atom. The molecule has 3 fully saturated rings. The fourth-order valence-electron chi connectivity index (χ4n) is 6.10. The molecule has 4 aliphatic heterocycles. The van der Waals surface area contributed by atoms with Gasteiger partial charge in [-0.25, -0.2) is 4.99 Å². The molecule has 4 atom stereocenters. The predicted octanol–water partition coefficient (Wildman–Crippen LogP) is -0.388. The molecule has 244 valence electrons. The van der Waals surface area contributed by atoms with Crippen LogP contribution in [0.25, 0.3) is 10.8 Å². The SMILES string of the molecule is C[C@@]1(O)[C@H](OC(=O)CCN2CCOCC2)[C@@H](COC(=O)CCN2CCOCC2)O[C@H]1n1cc2c(N)cc(=O)nc3c2c1N=CN3. The van der Waals surface area contributed by atoms with Crippen molar-refractivity contribution in [1.82, 2.24) is 19.4 Å². The van der Waals surface area contributed by atoms with Gasteiger partial charge < -0.3 is 44.4 Å². The highest BCUT2D eigenvalue weighted by molar-refractivity contribution is 6.10. The van der Waals surface area contributed by atoms with Gasteiger partial charge in [-0.2, -0.15) is 4.98 Å². The summed E-state index contributed by atoms with van der Waals surface area (Å²) >= 11 is 0. The molecule has 3 saturated heterocycles. The number of morpholine rings is 2. The van der Waals surface area contributed by atoms with Crippen LogP contribution in [0.2, 0.25) is 0 Å². The van der Waals surface area contributed by atoms with Crippen molar-refractivity contribution in [2.45, 2.75) is 43.8 Å². The number of esters is 2. The van der Waals surface area contributed by atoms with Gasteiger partial charge in [0.2, 0.25) is 0 Å². The summed E-state index contributed by atoms with van der Waals surface area (Å²) in [7, 11) is 0. The third-order valence-corrected chi connectivity index (χ3v) is 8.55. The Morgan fingerprint density at radius 3 is 2.40 bits per heavy atom. The quantitative estimate of drug-likeness (QED) is 0.288. The second-order valence-corrected chi connectivity index (χ2v) is 11.7. The number of nitrogens with one attached hydrogen (secondary N) is 1. The smallest absolute Gasteiger partial charge is 0.307 e. The van der Waals surface area contributed by atoms with E-state index in [4.69, 9.17) is 29.4 Å². The Morgan fingerprint density at radius 2 is 1.73 bits per heavy atom. The lowest BCUT2D eigenvalue weighted by molar-refractivity contribution is -0.166. The molecule has 4 aliphatic rings. The second kappa shape index (κ2) is 13.4. The van der Waals surface area contributed by atoms with Crippen LogP contribution in [0.4, 0.5) is 17.3 Å². The molecule has 0 aliphatic carbocycles. The number of hydrogen-bond donors (Lipinski definition) is 3. The number of nitrogens with zero attached hydrogens (tertiary/aromatic N) is 5. The molecule has 2 aromatic heterocycles. The second-order valence-electron chi connectivity index (χ2n) is 11.7. The lowest BCUT2D eigenvalue weighted by Gasteiger charge is -2.31. The molecule has 0 unspecified atom stereocenters. The Hall–Kier alpha value is -3.67. The van der Waals surface area contributed by atoms with Crippen LogP contribution in [-0.4, -0.2) is 133 Å². The summed E-state index contributed by atoms with van der Waals surface area (Å²) in [5.74, 6) is -0.372. The zero-order valence-corrected chi connectivity index (χ0v) is 25.2. The van der Waals surface area contributed by atoms with E-state index in [2.05, 4.69) is 25.1 Å². The molecule has 16 heteroatoms. The van der Waals surface area contributed by atoms with Crippen molar-refractivity contribution < 1.29 is 38.4 Å². The van der Waals surface area contributed by atoms with Gasteiger partial charge in [-0.05, 0) is 6.92 Å². The number of anilines is 2. The number of aliphatic hydroxyl groups is 1. The Bertz CT molecular complexity index is 1500. The first-order valence-corrected chi connectivity index (χ1v) is 15.2. The molecule has 45 heavy (non-hydrogen) atoms. The van der Waals surface area contributed by atoms with Gasteiger partial charge in [-0.15, -0.1) is 0 Å². The highest BCUT2D eigenvalue weighted by Crippen LogP contribution is 2.46. The van der Waals surface area contributed by atoms with Gasteiger partial charge in [0.25, 0.3) is 5.56 Å². The maximum atomic E-state index is 13.1. The van der Waals surface area contributed by atoms with Crippen molar-refractivity contribution in [3.8, 4) is 0 Å². The predicted molar refractivity (Wildman–Crippen MR) is 161 cm³/mol. The largest absolute Gasteiger partial charge is 0.463 e. The van der Waals surface area contributed by atoms with Gasteiger partial charge in [-0.3, -0.25) is 24.2 Å². The number of nitrogens with two attached hydrogens (primary N) is 1. The van der Waals surface area contributed by atoms with Gasteiger partial charge in [-0.1, -0.05) is 0 Å². The van der Waals surface area contributed by atoms with E-state index in [9.17, 15) is 19.5 Å². The first-order chi connectivity index (χ1) is 21.7. The van der Waals surface area contributed by atoms with Crippen molar-refractivity contribution in [3.05, 3.63) is 22.6 Å². The van der Waals surface area contributed by atoms with Crippen LogP contribution >= 0.6 is 0 Å². The molecule has 0 aromatic carbocycles. The number of aliphatic imine (C=N–C) groups is 1. The lowest BCUT2D eigenvalue weighted by Crippen LogP contribution is -2.47. The summed E-state index contributed by atoms with van der Waals surface area (Å²) in [5.41, 5.74) is 4.08. The zero-order valence-electron chi connectivity index (χ0n) is 25.2. The fourth-order valence-corrected chi connectivity index (χ4v) is 6.10. The van der Waals surface area contributed by atoms with E-state index in [0.29, 0.717) is 69.2 Å². The highest BCUT2D eigenvalue weighted by atomic mass is 16.6. The van der Waals surface area contributed by atoms with Gasteiger partial charge in [0.05, 0.1) is 51.0 Å². The molecule has 0 saturated carbocycles. The van der Waals surface area contributed by atoms with Crippen LogP contribution in [0.1, 0.15) is 26.0 Å². The molecule has 0 spiro atoms. The number of aromatic nitrogens is 2. The van der Waals surface area contributed by atoms with Gasteiger partial charge in [0.1, 0.15) is 29.9 Å². The molecule has 6 heterocycles. The number of carbonyl (C=O) groups is 2. The summed E-state index contributed by atoms with van der Waals surface area (Å²) in [6, 6.07) is 1.21. The third kappa shape index (κ3) is 6.80. The van der Waals surface area contributed by atoms with E-state index in [-0.39, 0.29) is 31.0 Å².